The molecule has 1 fully saturated rings. The minimum absolute atomic E-state index is 0.00306. The quantitative estimate of drug-likeness (QED) is 0.691. The minimum atomic E-state index is -1.53. The Morgan fingerprint density at radius 2 is 2.12 bits per heavy atom. The van der Waals surface area contributed by atoms with Gasteiger partial charge in [-0.3, -0.25) is 0 Å². The van der Waals surface area contributed by atoms with Gasteiger partial charge in [0.05, 0.1) is 6.54 Å². The van der Waals surface area contributed by atoms with E-state index in [1.807, 2.05) is 0 Å². The topological polar surface area (TPSA) is 55.6 Å². The molecular formula is C11H21FN2O2. The summed E-state index contributed by atoms with van der Waals surface area (Å²) in [6.07, 6.45) is -0.00466. The van der Waals surface area contributed by atoms with Crippen molar-refractivity contribution in [3.8, 4) is 0 Å². The molecule has 1 aliphatic rings. The van der Waals surface area contributed by atoms with Gasteiger partial charge in [-0.15, -0.1) is 0 Å². The molecule has 2 N–H and O–H groups in total. The second kappa shape index (κ2) is 4.20. The van der Waals surface area contributed by atoms with Crippen LogP contribution in [0.15, 0.2) is 0 Å². The highest BCUT2D eigenvalue weighted by molar-refractivity contribution is 5.68. The van der Waals surface area contributed by atoms with E-state index < -0.39 is 23.4 Å². The van der Waals surface area contributed by atoms with Crippen molar-refractivity contribution < 1.29 is 13.9 Å². The third kappa shape index (κ3) is 3.33. The van der Waals surface area contributed by atoms with Gasteiger partial charge in [-0.25, -0.2) is 9.18 Å². The van der Waals surface area contributed by atoms with Crippen LogP contribution in [-0.2, 0) is 4.74 Å². The lowest BCUT2D eigenvalue weighted by molar-refractivity contribution is -0.00670. The van der Waals surface area contributed by atoms with E-state index in [9.17, 15) is 9.18 Å². The fourth-order valence-electron chi connectivity index (χ4n) is 1.65. The summed E-state index contributed by atoms with van der Waals surface area (Å²) < 4.78 is 19.1. The van der Waals surface area contributed by atoms with Gasteiger partial charge in [-0.05, 0) is 34.1 Å². The van der Waals surface area contributed by atoms with Crippen LogP contribution in [0.5, 0.6) is 0 Å². The summed E-state index contributed by atoms with van der Waals surface area (Å²) in [4.78, 5) is 13.1. The Labute approximate surface area is 95.9 Å². The van der Waals surface area contributed by atoms with Gasteiger partial charge in [0.25, 0.3) is 0 Å². The lowest BCUT2D eigenvalue weighted by atomic mass is 9.92. The Kier molecular flexibility index (Phi) is 3.47. The van der Waals surface area contributed by atoms with Crippen molar-refractivity contribution in [2.75, 3.05) is 13.1 Å². The fraction of sp³-hybridized carbons (Fsp3) is 0.909. The monoisotopic (exact) mass is 232 g/mol. The lowest BCUT2D eigenvalue weighted by Gasteiger charge is -2.39. The zero-order valence-corrected chi connectivity index (χ0v) is 10.4. The second-order valence-corrected chi connectivity index (χ2v) is 5.58. The van der Waals surface area contributed by atoms with E-state index in [0.717, 1.165) is 0 Å². The van der Waals surface area contributed by atoms with Gasteiger partial charge >= 0.3 is 6.09 Å². The summed E-state index contributed by atoms with van der Waals surface area (Å²) in [6, 6.07) is -0.508. The van der Waals surface area contributed by atoms with Crippen LogP contribution in [-0.4, -0.2) is 41.4 Å². The maximum absolute atomic E-state index is 13.9. The molecule has 2 atom stereocenters. The normalized spacial score (nSPS) is 31.4. The Morgan fingerprint density at radius 3 is 2.56 bits per heavy atom. The highest BCUT2D eigenvalue weighted by Crippen LogP contribution is 2.25. The number of halogens is 1. The van der Waals surface area contributed by atoms with E-state index in [0.29, 0.717) is 13.0 Å². The van der Waals surface area contributed by atoms with Crippen LogP contribution in [0.2, 0.25) is 0 Å². The second-order valence-electron chi connectivity index (χ2n) is 5.58. The summed E-state index contributed by atoms with van der Waals surface area (Å²) in [5.41, 5.74) is 3.56. The summed E-state index contributed by atoms with van der Waals surface area (Å²) in [6.45, 7) is 7.24. The van der Waals surface area contributed by atoms with Crippen molar-refractivity contribution in [1.29, 1.82) is 0 Å². The molecule has 1 heterocycles. The van der Waals surface area contributed by atoms with E-state index >= 15 is 0 Å². The summed E-state index contributed by atoms with van der Waals surface area (Å²) in [7, 11) is 0. The number of amides is 1. The molecule has 1 saturated heterocycles. The first-order valence-electron chi connectivity index (χ1n) is 5.54. The number of piperidine rings is 1. The molecule has 94 valence electrons. The van der Waals surface area contributed by atoms with E-state index in [1.54, 1.807) is 20.8 Å². The Hall–Kier alpha value is -0.840. The van der Waals surface area contributed by atoms with Crippen molar-refractivity contribution >= 4 is 6.09 Å². The third-order valence-electron chi connectivity index (χ3n) is 2.63. The van der Waals surface area contributed by atoms with E-state index in [4.69, 9.17) is 10.5 Å². The number of rotatable bonds is 0. The number of nitrogens with two attached hydrogens (primary N) is 1. The average Bonchev–Trinajstić information content (AvgIpc) is 2.06. The fourth-order valence-corrected chi connectivity index (χ4v) is 1.65. The molecule has 4 nitrogen and oxygen atoms in total. The van der Waals surface area contributed by atoms with E-state index in [-0.39, 0.29) is 6.54 Å². The van der Waals surface area contributed by atoms with Gasteiger partial charge in [0.1, 0.15) is 11.3 Å². The number of nitrogens with zero attached hydrogens (tertiary/aromatic N) is 1. The average molecular weight is 232 g/mol. The molecule has 0 unspecified atom stereocenters. The summed E-state index contributed by atoms with van der Waals surface area (Å²) >= 11 is 0. The molecule has 1 amide bonds. The largest absolute Gasteiger partial charge is 0.444 e. The highest BCUT2D eigenvalue weighted by atomic mass is 19.1. The van der Waals surface area contributed by atoms with Gasteiger partial charge in [-0.1, -0.05) is 0 Å². The molecule has 0 aromatic carbocycles. The van der Waals surface area contributed by atoms with Gasteiger partial charge in [0.15, 0.2) is 0 Å². The van der Waals surface area contributed by atoms with Crippen molar-refractivity contribution in [2.24, 2.45) is 5.73 Å². The first kappa shape index (κ1) is 13.2. The van der Waals surface area contributed by atoms with E-state index in [1.165, 1.54) is 11.8 Å². The number of hydrogen-bond donors (Lipinski definition) is 1. The molecule has 0 aromatic rings. The molecule has 16 heavy (non-hydrogen) atoms. The molecule has 0 aliphatic carbocycles. The summed E-state index contributed by atoms with van der Waals surface area (Å²) in [5.74, 6) is 0. The van der Waals surface area contributed by atoms with Gasteiger partial charge < -0.3 is 15.4 Å². The standard InChI is InChI=1S/C11H21FN2O2/c1-10(2,3)16-9(15)14-6-5-8(13)11(4,12)7-14/h8H,5-7,13H2,1-4H3/t8-,11-/m1/s1. The molecule has 0 radical (unpaired) electrons. The van der Waals surface area contributed by atoms with Crippen LogP contribution in [0.4, 0.5) is 9.18 Å². The van der Waals surface area contributed by atoms with Crippen LogP contribution in [0, 0.1) is 0 Å². The molecule has 0 saturated carbocycles. The highest BCUT2D eigenvalue weighted by Gasteiger charge is 2.40. The zero-order valence-electron chi connectivity index (χ0n) is 10.4. The Bertz CT molecular complexity index is 274. The predicted molar refractivity (Wildman–Crippen MR) is 59.9 cm³/mol. The maximum atomic E-state index is 13.9. The number of carbonyl (C=O) groups is 1. The zero-order chi connectivity index (χ0) is 12.6. The van der Waals surface area contributed by atoms with Crippen LogP contribution >= 0.6 is 0 Å². The first-order valence-corrected chi connectivity index (χ1v) is 5.54. The number of hydrogen-bond acceptors (Lipinski definition) is 3. The Morgan fingerprint density at radius 1 is 1.56 bits per heavy atom. The van der Waals surface area contributed by atoms with Crippen LogP contribution in [0.25, 0.3) is 0 Å². The van der Waals surface area contributed by atoms with Gasteiger partial charge in [0.2, 0.25) is 0 Å². The molecule has 1 aliphatic heterocycles. The molecule has 0 aromatic heterocycles. The molecule has 0 spiro atoms. The first-order chi connectivity index (χ1) is 7.12. The smallest absolute Gasteiger partial charge is 0.410 e. The number of ether oxygens (including phenoxy) is 1. The SMILES string of the molecule is CC(C)(C)OC(=O)N1CC[C@@H](N)[C@](C)(F)C1. The van der Waals surface area contributed by atoms with Crippen molar-refractivity contribution in [3.05, 3.63) is 0 Å². The maximum Gasteiger partial charge on any atom is 0.410 e. The number of alkyl halides is 1. The molecular weight excluding hydrogens is 211 g/mol. The van der Waals surface area contributed by atoms with Gasteiger partial charge in [0, 0.05) is 12.6 Å². The number of carbonyl (C=O) groups excluding carboxylic acids is 1. The predicted octanol–water partition coefficient (Wildman–Crippen LogP) is 1.68. The molecule has 1 rings (SSSR count). The number of likely N-dealkylation sites (tertiary alicyclic amines) is 1. The Balaban J connectivity index is 2.60. The van der Waals surface area contributed by atoms with Crippen LogP contribution in [0.3, 0.4) is 0 Å². The third-order valence-corrected chi connectivity index (χ3v) is 2.63. The van der Waals surface area contributed by atoms with Crippen LogP contribution in [0.1, 0.15) is 34.1 Å². The van der Waals surface area contributed by atoms with Crippen LogP contribution < -0.4 is 5.73 Å². The van der Waals surface area contributed by atoms with Crippen molar-refractivity contribution in [3.63, 3.8) is 0 Å². The van der Waals surface area contributed by atoms with Crippen molar-refractivity contribution in [1.82, 2.24) is 4.90 Å². The minimum Gasteiger partial charge on any atom is -0.444 e. The van der Waals surface area contributed by atoms with E-state index in [2.05, 4.69) is 0 Å². The molecule has 5 heteroatoms. The molecule has 0 bridgehead atoms. The lowest BCUT2D eigenvalue weighted by Crippen LogP contribution is -2.57. The van der Waals surface area contributed by atoms with Crippen molar-refractivity contribution in [2.45, 2.75) is 51.4 Å². The summed E-state index contributed by atoms with van der Waals surface area (Å²) in [5, 5.41) is 0. The van der Waals surface area contributed by atoms with Gasteiger partial charge in [-0.2, -0.15) is 0 Å².